The average Bonchev–Trinajstić information content (AvgIpc) is 3.13. The molecule has 0 radical (unpaired) electrons. The third kappa shape index (κ3) is 3.08. The van der Waals surface area contributed by atoms with Crippen LogP contribution in [0.5, 0.6) is 0 Å². The van der Waals surface area contributed by atoms with E-state index in [1.165, 1.54) is 53.1 Å². The number of rotatable bonds is 3. The molecule has 1 aliphatic heterocycles. The summed E-state index contributed by atoms with van der Waals surface area (Å²) in [4.78, 5) is 14.5. The Labute approximate surface area is 152 Å². The molecule has 4 rings (SSSR count). The molecule has 0 bridgehead atoms. The summed E-state index contributed by atoms with van der Waals surface area (Å²) < 4.78 is 29.1. The molecule has 1 N–H and O–H groups in total. The fourth-order valence-electron chi connectivity index (χ4n) is 4.17. The molecule has 1 saturated heterocycles. The largest absolute Gasteiger partial charge is 0.298 e. The first-order valence-corrected chi connectivity index (χ1v) is 10.7. The number of aromatic amines is 1. The highest BCUT2D eigenvalue weighted by Gasteiger charge is 2.32. The van der Waals surface area contributed by atoms with Crippen LogP contribution in [0.3, 0.4) is 0 Å². The molecular formula is C17H25N5O3S. The number of sulfonamides is 1. The van der Waals surface area contributed by atoms with Gasteiger partial charge >= 0.3 is 0 Å². The van der Waals surface area contributed by atoms with Crippen LogP contribution in [0.2, 0.25) is 0 Å². The highest BCUT2D eigenvalue weighted by molar-refractivity contribution is 7.89. The molecule has 26 heavy (non-hydrogen) atoms. The van der Waals surface area contributed by atoms with Crippen LogP contribution in [0.25, 0.3) is 5.52 Å². The van der Waals surface area contributed by atoms with Crippen molar-refractivity contribution in [2.75, 3.05) is 26.2 Å². The summed E-state index contributed by atoms with van der Waals surface area (Å²) in [5.74, 6) is 0.545. The highest BCUT2D eigenvalue weighted by Crippen LogP contribution is 2.25. The molecule has 2 aromatic rings. The standard InChI is InChI=1S/C17H25N5O3S/c1-13-18-19-17(23)16-11-15(12-22(13)16)26(24,25)21-9-7-20(8-10-21)14-5-3-2-4-6-14/h11-12,14H,2-10H2,1H3,(H,19,23). The van der Waals surface area contributed by atoms with E-state index in [1.54, 1.807) is 6.92 Å². The van der Waals surface area contributed by atoms with Gasteiger partial charge in [0.2, 0.25) is 10.0 Å². The van der Waals surface area contributed by atoms with Crippen LogP contribution < -0.4 is 5.56 Å². The maximum atomic E-state index is 13.0. The zero-order valence-electron chi connectivity index (χ0n) is 15.0. The molecule has 9 heteroatoms. The maximum absolute atomic E-state index is 13.0. The lowest BCUT2D eigenvalue weighted by Gasteiger charge is -2.40. The summed E-state index contributed by atoms with van der Waals surface area (Å²) in [6.07, 6.45) is 7.83. The second-order valence-electron chi connectivity index (χ2n) is 7.26. The molecule has 8 nitrogen and oxygen atoms in total. The van der Waals surface area contributed by atoms with Crippen LogP contribution >= 0.6 is 0 Å². The predicted octanol–water partition coefficient (Wildman–Crippen LogP) is 0.970. The minimum absolute atomic E-state index is 0.158. The van der Waals surface area contributed by atoms with E-state index >= 15 is 0 Å². The smallest absolute Gasteiger partial charge is 0.288 e. The second-order valence-corrected chi connectivity index (χ2v) is 9.20. The van der Waals surface area contributed by atoms with Gasteiger partial charge in [0.1, 0.15) is 16.2 Å². The minimum atomic E-state index is -3.61. The van der Waals surface area contributed by atoms with Crippen molar-refractivity contribution in [1.82, 2.24) is 23.8 Å². The first-order valence-electron chi connectivity index (χ1n) is 9.28. The van der Waals surface area contributed by atoms with Crippen LogP contribution in [0, 0.1) is 6.92 Å². The van der Waals surface area contributed by atoms with E-state index < -0.39 is 10.0 Å². The Morgan fingerprint density at radius 1 is 1.12 bits per heavy atom. The molecule has 0 unspecified atom stereocenters. The van der Waals surface area contributed by atoms with Crippen LogP contribution in [0.4, 0.5) is 0 Å². The van der Waals surface area contributed by atoms with Gasteiger partial charge in [0.05, 0.1) is 0 Å². The fraction of sp³-hybridized carbons (Fsp3) is 0.647. The molecule has 0 aromatic carbocycles. The number of nitrogens with zero attached hydrogens (tertiary/aromatic N) is 4. The quantitative estimate of drug-likeness (QED) is 0.858. The summed E-state index contributed by atoms with van der Waals surface area (Å²) in [5, 5.41) is 6.27. The maximum Gasteiger partial charge on any atom is 0.288 e. The molecule has 0 spiro atoms. The SMILES string of the molecule is Cc1n[nH]c(=O)c2cc(S(=O)(=O)N3CCN(C4CCCCC4)CC3)cn12. The van der Waals surface area contributed by atoms with Crippen molar-refractivity contribution >= 4 is 15.5 Å². The molecule has 3 heterocycles. The number of fused-ring (bicyclic) bond motifs is 1. The normalized spacial score (nSPS) is 21.4. The number of aryl methyl sites for hydroxylation is 1. The Hall–Kier alpha value is -1.71. The van der Waals surface area contributed by atoms with E-state index in [1.807, 2.05) is 0 Å². The molecule has 2 aromatic heterocycles. The summed E-state index contributed by atoms with van der Waals surface area (Å²) in [5.41, 5.74) is -0.0870. The number of aromatic nitrogens is 3. The number of H-pyrrole nitrogens is 1. The summed E-state index contributed by atoms with van der Waals surface area (Å²) in [7, 11) is -3.61. The summed E-state index contributed by atoms with van der Waals surface area (Å²) >= 11 is 0. The second kappa shape index (κ2) is 6.79. The van der Waals surface area contributed by atoms with E-state index in [0.717, 1.165) is 13.1 Å². The predicted molar refractivity (Wildman–Crippen MR) is 97.8 cm³/mol. The van der Waals surface area contributed by atoms with Gasteiger partial charge in [-0.1, -0.05) is 19.3 Å². The van der Waals surface area contributed by atoms with Gasteiger partial charge in [-0.05, 0) is 25.8 Å². The van der Waals surface area contributed by atoms with Gasteiger partial charge in [0.15, 0.2) is 0 Å². The van der Waals surface area contributed by atoms with Gasteiger partial charge in [-0.2, -0.15) is 9.40 Å². The van der Waals surface area contributed by atoms with Crippen LogP contribution in [-0.4, -0.2) is 64.4 Å². The third-order valence-electron chi connectivity index (χ3n) is 5.70. The van der Waals surface area contributed by atoms with Gasteiger partial charge in [-0.3, -0.25) is 14.1 Å². The Kier molecular flexibility index (Phi) is 4.62. The fourth-order valence-corrected chi connectivity index (χ4v) is 5.61. The summed E-state index contributed by atoms with van der Waals surface area (Å²) in [6.45, 7) is 4.27. The van der Waals surface area contributed by atoms with E-state index in [4.69, 9.17) is 0 Å². The van der Waals surface area contributed by atoms with Crippen molar-refractivity contribution in [3.8, 4) is 0 Å². The molecule has 142 valence electrons. The number of hydrogen-bond acceptors (Lipinski definition) is 5. The Bertz CT molecular complexity index is 950. The molecule has 1 saturated carbocycles. The molecule has 1 aliphatic carbocycles. The van der Waals surface area contributed by atoms with Crippen LogP contribution in [0.1, 0.15) is 37.9 Å². The third-order valence-corrected chi connectivity index (χ3v) is 7.56. The van der Waals surface area contributed by atoms with Crippen molar-refractivity contribution in [1.29, 1.82) is 0 Å². The number of nitrogens with one attached hydrogen (secondary N) is 1. The van der Waals surface area contributed by atoms with Crippen molar-refractivity contribution in [2.24, 2.45) is 0 Å². The molecule has 2 aliphatic rings. The van der Waals surface area contributed by atoms with E-state index in [9.17, 15) is 13.2 Å². The lowest BCUT2D eigenvalue weighted by Crippen LogP contribution is -2.52. The number of hydrogen-bond donors (Lipinski definition) is 1. The first-order chi connectivity index (χ1) is 12.5. The van der Waals surface area contributed by atoms with E-state index in [-0.39, 0.29) is 10.5 Å². The zero-order chi connectivity index (χ0) is 18.3. The lowest BCUT2D eigenvalue weighted by atomic mass is 9.94. The number of piperazine rings is 1. The van der Waals surface area contributed by atoms with Gasteiger partial charge in [-0.25, -0.2) is 13.5 Å². The van der Waals surface area contributed by atoms with Crippen LogP contribution in [0.15, 0.2) is 22.0 Å². The molecule has 0 atom stereocenters. The topological polar surface area (TPSA) is 90.8 Å². The van der Waals surface area contributed by atoms with Crippen molar-refractivity contribution in [3.05, 3.63) is 28.4 Å². The lowest BCUT2D eigenvalue weighted by molar-refractivity contribution is 0.111. The van der Waals surface area contributed by atoms with Crippen molar-refractivity contribution in [3.63, 3.8) is 0 Å². The Morgan fingerprint density at radius 2 is 1.81 bits per heavy atom. The zero-order valence-corrected chi connectivity index (χ0v) is 15.8. The molecule has 0 amide bonds. The monoisotopic (exact) mass is 379 g/mol. The highest BCUT2D eigenvalue weighted by atomic mass is 32.2. The molecular weight excluding hydrogens is 354 g/mol. The average molecular weight is 379 g/mol. The Morgan fingerprint density at radius 3 is 2.46 bits per heavy atom. The first kappa shape index (κ1) is 17.7. The Balaban J connectivity index is 1.53. The van der Waals surface area contributed by atoms with Gasteiger partial charge in [0.25, 0.3) is 5.56 Å². The van der Waals surface area contributed by atoms with Gasteiger partial charge in [-0.15, -0.1) is 0 Å². The van der Waals surface area contributed by atoms with E-state index in [0.29, 0.717) is 30.5 Å². The summed E-state index contributed by atoms with van der Waals surface area (Å²) in [6, 6.07) is 2.05. The van der Waals surface area contributed by atoms with E-state index in [2.05, 4.69) is 15.1 Å². The van der Waals surface area contributed by atoms with Gasteiger partial charge in [0, 0.05) is 38.4 Å². The molecule has 2 fully saturated rings. The van der Waals surface area contributed by atoms with Crippen LogP contribution in [-0.2, 0) is 10.0 Å². The van der Waals surface area contributed by atoms with Crippen molar-refractivity contribution < 1.29 is 8.42 Å². The minimum Gasteiger partial charge on any atom is -0.298 e. The van der Waals surface area contributed by atoms with Gasteiger partial charge < -0.3 is 0 Å². The van der Waals surface area contributed by atoms with Crippen molar-refractivity contribution in [2.45, 2.75) is 50.0 Å².